The van der Waals surface area contributed by atoms with Crippen molar-refractivity contribution in [3.8, 4) is 22.9 Å². The largest absolute Gasteiger partial charge is 0.465 e. The molecule has 0 bridgehead atoms. The Balaban J connectivity index is 1.20. The summed E-state index contributed by atoms with van der Waals surface area (Å²) in [5, 5.41) is 3.15. The molecule has 1 amide bonds. The molecule has 0 spiro atoms. The van der Waals surface area contributed by atoms with Gasteiger partial charge < -0.3 is 23.6 Å². The predicted octanol–water partition coefficient (Wildman–Crippen LogP) is 5.92. The van der Waals surface area contributed by atoms with Gasteiger partial charge in [0.15, 0.2) is 18.1 Å². The van der Waals surface area contributed by atoms with Gasteiger partial charge in [-0.05, 0) is 73.2 Å². The monoisotopic (exact) mass is 571 g/mol. The lowest BCUT2D eigenvalue weighted by atomic mass is 9.88. The van der Waals surface area contributed by atoms with E-state index in [0.717, 1.165) is 29.7 Å². The molecule has 1 aliphatic rings. The fourth-order valence-electron chi connectivity index (χ4n) is 4.89. The molecular weight excluding hydrogens is 546 g/mol. The standard InChI is InChI=1S/C30H25N3O7S/c1-16-7-9-18-23(13-16)41-28(25(18)30(36)37-2)33-24(34)15-40-29(35)17-8-10-19-20(14-17)32-27(22-6-4-12-39-22)26(31-19)21-5-3-11-38-21/h3-6,8,10-12,14,16H,7,9,13,15H2,1-2H3,(H,33,34). The Bertz CT molecular complexity index is 1760. The number of amides is 1. The SMILES string of the molecule is COC(=O)c1c(NC(=O)COC(=O)c2ccc3nc(-c4ccco4)c(-c4ccco4)nc3c2)sc2c1CCC(C)C2. The highest BCUT2D eigenvalue weighted by atomic mass is 32.1. The molecule has 5 aromatic rings. The average molecular weight is 572 g/mol. The van der Waals surface area contributed by atoms with Crippen LogP contribution in [0, 0.1) is 5.92 Å². The van der Waals surface area contributed by atoms with Crippen LogP contribution in [0.25, 0.3) is 33.9 Å². The van der Waals surface area contributed by atoms with E-state index in [1.165, 1.54) is 24.7 Å². The summed E-state index contributed by atoms with van der Waals surface area (Å²) in [6, 6.07) is 11.8. The maximum Gasteiger partial charge on any atom is 0.341 e. The molecule has 1 unspecified atom stereocenters. The normalized spacial score (nSPS) is 14.4. The fraction of sp³-hybridized carbons (Fsp3) is 0.233. The number of nitrogens with one attached hydrogen (secondary N) is 1. The second-order valence-corrected chi connectivity index (χ2v) is 10.9. The van der Waals surface area contributed by atoms with Crippen molar-refractivity contribution < 1.29 is 32.7 Å². The second kappa shape index (κ2) is 11.0. The lowest BCUT2D eigenvalue weighted by molar-refractivity contribution is -0.119. The molecule has 208 valence electrons. The number of thiophene rings is 1. The number of esters is 2. The van der Waals surface area contributed by atoms with Crippen LogP contribution in [0.2, 0.25) is 0 Å². The quantitative estimate of drug-likeness (QED) is 0.236. The maximum atomic E-state index is 12.9. The van der Waals surface area contributed by atoms with Crippen LogP contribution in [0.1, 0.15) is 44.5 Å². The lowest BCUT2D eigenvalue weighted by Gasteiger charge is -2.18. The maximum absolute atomic E-state index is 12.9. The van der Waals surface area contributed by atoms with Crippen molar-refractivity contribution in [1.29, 1.82) is 0 Å². The van der Waals surface area contributed by atoms with Crippen LogP contribution < -0.4 is 5.32 Å². The molecule has 41 heavy (non-hydrogen) atoms. The van der Waals surface area contributed by atoms with Crippen molar-refractivity contribution in [2.75, 3.05) is 19.0 Å². The zero-order valence-electron chi connectivity index (χ0n) is 22.3. The number of carbonyl (C=O) groups is 3. The first-order valence-electron chi connectivity index (χ1n) is 13.0. The zero-order chi connectivity index (χ0) is 28.5. The van der Waals surface area contributed by atoms with Gasteiger partial charge in [-0.15, -0.1) is 11.3 Å². The molecule has 4 aromatic heterocycles. The van der Waals surface area contributed by atoms with E-state index in [1.54, 1.807) is 48.7 Å². The van der Waals surface area contributed by atoms with E-state index >= 15 is 0 Å². The van der Waals surface area contributed by atoms with Gasteiger partial charge in [-0.2, -0.15) is 0 Å². The van der Waals surface area contributed by atoms with Gasteiger partial charge in [0.2, 0.25) is 0 Å². The van der Waals surface area contributed by atoms with E-state index in [0.29, 0.717) is 50.4 Å². The molecule has 11 heteroatoms. The molecule has 0 fully saturated rings. The summed E-state index contributed by atoms with van der Waals surface area (Å²) in [5.41, 5.74) is 3.44. The second-order valence-electron chi connectivity index (χ2n) is 9.75. The van der Waals surface area contributed by atoms with Gasteiger partial charge in [-0.25, -0.2) is 19.6 Å². The van der Waals surface area contributed by atoms with Crippen LogP contribution in [0.3, 0.4) is 0 Å². The van der Waals surface area contributed by atoms with E-state index in [-0.39, 0.29) is 5.56 Å². The molecule has 0 radical (unpaired) electrons. The molecule has 0 aliphatic heterocycles. The Labute approximate surface area is 238 Å². The Hall–Kier alpha value is -4.77. The number of nitrogens with zero attached hydrogens (tertiary/aromatic N) is 2. The van der Waals surface area contributed by atoms with E-state index in [2.05, 4.69) is 17.2 Å². The minimum absolute atomic E-state index is 0.201. The molecule has 1 aliphatic carbocycles. The van der Waals surface area contributed by atoms with Crippen molar-refractivity contribution in [2.45, 2.75) is 26.2 Å². The Morgan fingerprint density at radius 1 is 1.00 bits per heavy atom. The number of fused-ring (bicyclic) bond motifs is 2. The first-order valence-corrected chi connectivity index (χ1v) is 13.8. The van der Waals surface area contributed by atoms with Gasteiger partial charge in [0, 0.05) is 4.88 Å². The minimum Gasteiger partial charge on any atom is -0.465 e. The van der Waals surface area contributed by atoms with Gasteiger partial charge in [0.05, 0.1) is 41.8 Å². The fourth-order valence-corrected chi connectivity index (χ4v) is 6.30. The number of furan rings is 2. The average Bonchev–Trinajstić information content (AvgIpc) is 3.76. The van der Waals surface area contributed by atoms with Crippen molar-refractivity contribution in [1.82, 2.24) is 9.97 Å². The van der Waals surface area contributed by atoms with E-state index in [9.17, 15) is 14.4 Å². The highest BCUT2D eigenvalue weighted by Gasteiger charge is 2.29. The Morgan fingerprint density at radius 2 is 1.71 bits per heavy atom. The van der Waals surface area contributed by atoms with Crippen molar-refractivity contribution in [3.05, 3.63) is 76.6 Å². The van der Waals surface area contributed by atoms with Crippen LogP contribution >= 0.6 is 11.3 Å². The summed E-state index contributed by atoms with van der Waals surface area (Å²) < 4.78 is 21.4. The molecule has 0 saturated carbocycles. The number of ether oxygens (including phenoxy) is 2. The highest BCUT2D eigenvalue weighted by molar-refractivity contribution is 7.17. The number of carbonyl (C=O) groups excluding carboxylic acids is 3. The third-order valence-electron chi connectivity index (χ3n) is 6.90. The molecule has 1 aromatic carbocycles. The topological polar surface area (TPSA) is 134 Å². The minimum atomic E-state index is -0.703. The molecule has 0 saturated heterocycles. The Kier molecular flexibility index (Phi) is 7.10. The molecule has 4 heterocycles. The van der Waals surface area contributed by atoms with Gasteiger partial charge in [0.1, 0.15) is 16.4 Å². The summed E-state index contributed by atoms with van der Waals surface area (Å²) in [5.74, 6) is -0.242. The van der Waals surface area contributed by atoms with E-state index < -0.39 is 24.5 Å². The first-order chi connectivity index (χ1) is 19.9. The molecule has 10 nitrogen and oxygen atoms in total. The summed E-state index contributed by atoms with van der Waals surface area (Å²) in [7, 11) is 1.31. The van der Waals surface area contributed by atoms with Crippen molar-refractivity contribution in [3.63, 3.8) is 0 Å². The number of aromatic nitrogens is 2. The van der Waals surface area contributed by atoms with E-state index in [4.69, 9.17) is 23.3 Å². The zero-order valence-corrected chi connectivity index (χ0v) is 23.1. The first kappa shape index (κ1) is 26.5. The summed E-state index contributed by atoms with van der Waals surface area (Å²) in [6.07, 6.45) is 5.63. The summed E-state index contributed by atoms with van der Waals surface area (Å²) in [6.45, 7) is 1.63. The number of rotatable bonds is 7. The third-order valence-corrected chi connectivity index (χ3v) is 8.07. The van der Waals surface area contributed by atoms with Crippen LogP contribution in [-0.4, -0.2) is 41.5 Å². The predicted molar refractivity (Wildman–Crippen MR) is 151 cm³/mol. The highest BCUT2D eigenvalue weighted by Crippen LogP contribution is 2.40. The van der Waals surface area contributed by atoms with Crippen molar-refractivity contribution >= 4 is 45.2 Å². The van der Waals surface area contributed by atoms with Crippen LogP contribution in [0.5, 0.6) is 0 Å². The number of hydrogen-bond acceptors (Lipinski definition) is 10. The van der Waals surface area contributed by atoms with Crippen LogP contribution in [-0.2, 0) is 27.1 Å². The lowest BCUT2D eigenvalue weighted by Crippen LogP contribution is -2.22. The van der Waals surface area contributed by atoms with Gasteiger partial charge >= 0.3 is 11.9 Å². The number of hydrogen-bond donors (Lipinski definition) is 1. The molecular formula is C30H25N3O7S. The van der Waals surface area contributed by atoms with Gasteiger partial charge in [0.25, 0.3) is 5.91 Å². The summed E-state index contributed by atoms with van der Waals surface area (Å²) in [4.78, 5) is 48.6. The smallest absolute Gasteiger partial charge is 0.341 e. The van der Waals surface area contributed by atoms with E-state index in [1.807, 2.05) is 0 Å². The van der Waals surface area contributed by atoms with Crippen molar-refractivity contribution in [2.24, 2.45) is 5.92 Å². The number of benzene rings is 1. The van der Waals surface area contributed by atoms with Gasteiger partial charge in [-0.3, -0.25) is 4.79 Å². The third kappa shape index (κ3) is 5.23. The van der Waals surface area contributed by atoms with Crippen LogP contribution in [0.15, 0.2) is 63.8 Å². The molecule has 6 rings (SSSR count). The van der Waals surface area contributed by atoms with Gasteiger partial charge in [-0.1, -0.05) is 6.92 Å². The van der Waals surface area contributed by atoms with Crippen LogP contribution in [0.4, 0.5) is 5.00 Å². The summed E-state index contributed by atoms with van der Waals surface area (Å²) >= 11 is 1.37. The molecule has 1 N–H and O–H groups in total. The molecule has 1 atom stereocenters. The number of anilines is 1. The Morgan fingerprint density at radius 3 is 2.37 bits per heavy atom. The number of methoxy groups -OCH3 is 1.